The fourth-order valence-corrected chi connectivity index (χ4v) is 3.18. The molecule has 4 nitrogen and oxygen atoms in total. The Kier molecular flexibility index (Phi) is 4.10. The van der Waals surface area contributed by atoms with Crippen LogP contribution in [0.5, 0.6) is 11.5 Å². The minimum absolute atomic E-state index is 0.0918. The molecule has 0 unspecified atom stereocenters. The summed E-state index contributed by atoms with van der Waals surface area (Å²) in [7, 11) is 3.26. The molecule has 0 bridgehead atoms. The van der Waals surface area contributed by atoms with Gasteiger partial charge in [-0.3, -0.25) is 4.79 Å². The summed E-state index contributed by atoms with van der Waals surface area (Å²) >= 11 is 0. The molecule has 0 aromatic heterocycles. The molecule has 0 atom stereocenters. The largest absolute Gasteiger partial charge is 0.497 e. The van der Waals surface area contributed by atoms with Crippen molar-refractivity contribution in [3.05, 3.63) is 59.7 Å². The molecule has 0 amide bonds. The Hall–Kier alpha value is -2.33. The van der Waals surface area contributed by atoms with Gasteiger partial charge in [-0.2, -0.15) is 0 Å². The number of rotatable bonds is 4. The molecule has 0 N–H and O–H groups in total. The Bertz CT molecular complexity index is 682. The number of ether oxygens (including phenoxy) is 3. The molecular formula is C20H22O4. The Morgan fingerprint density at radius 3 is 1.54 bits per heavy atom. The highest BCUT2D eigenvalue weighted by molar-refractivity contribution is 5.90. The van der Waals surface area contributed by atoms with Crippen LogP contribution in [0.4, 0.5) is 0 Å². The van der Waals surface area contributed by atoms with Crippen molar-refractivity contribution in [2.75, 3.05) is 14.2 Å². The topological polar surface area (TPSA) is 44.8 Å². The first kappa shape index (κ1) is 16.5. The van der Waals surface area contributed by atoms with Crippen molar-refractivity contribution >= 4 is 5.78 Å². The molecule has 1 heterocycles. The molecule has 24 heavy (non-hydrogen) atoms. The van der Waals surface area contributed by atoms with Gasteiger partial charge in [0.05, 0.1) is 14.2 Å². The van der Waals surface area contributed by atoms with Crippen LogP contribution in [-0.4, -0.2) is 25.6 Å². The molecular weight excluding hydrogens is 304 g/mol. The van der Waals surface area contributed by atoms with Crippen molar-refractivity contribution in [3.63, 3.8) is 0 Å². The number of ketones is 1. The number of hydrogen-bond donors (Lipinski definition) is 0. The SMILES string of the molecule is COc1ccc(C2(c3ccc(OC)cc3)CC(=O)C(C)(C)O2)cc1. The van der Waals surface area contributed by atoms with Gasteiger partial charge in [0.25, 0.3) is 0 Å². The van der Waals surface area contributed by atoms with Crippen LogP contribution >= 0.6 is 0 Å². The van der Waals surface area contributed by atoms with Gasteiger partial charge >= 0.3 is 0 Å². The van der Waals surface area contributed by atoms with Crippen molar-refractivity contribution < 1.29 is 19.0 Å². The van der Waals surface area contributed by atoms with E-state index in [1.807, 2.05) is 62.4 Å². The van der Waals surface area contributed by atoms with E-state index in [4.69, 9.17) is 14.2 Å². The maximum Gasteiger partial charge on any atom is 0.167 e. The molecule has 1 aliphatic rings. The number of benzene rings is 2. The monoisotopic (exact) mass is 326 g/mol. The summed E-state index contributed by atoms with van der Waals surface area (Å²) in [6, 6.07) is 15.4. The van der Waals surface area contributed by atoms with Crippen molar-refractivity contribution in [1.29, 1.82) is 0 Å². The summed E-state index contributed by atoms with van der Waals surface area (Å²) < 4.78 is 16.8. The zero-order valence-corrected chi connectivity index (χ0v) is 14.5. The van der Waals surface area contributed by atoms with Gasteiger partial charge in [-0.25, -0.2) is 0 Å². The van der Waals surface area contributed by atoms with E-state index in [1.165, 1.54) is 0 Å². The number of Topliss-reactive ketones (excluding diaryl/α,β-unsaturated/α-hetero) is 1. The lowest BCUT2D eigenvalue weighted by Gasteiger charge is -2.32. The maximum absolute atomic E-state index is 12.5. The van der Waals surface area contributed by atoms with Crippen LogP contribution in [0.1, 0.15) is 31.4 Å². The normalized spacial score (nSPS) is 18.4. The molecule has 0 aliphatic carbocycles. The molecule has 4 heteroatoms. The lowest BCUT2D eigenvalue weighted by Crippen LogP contribution is -2.32. The molecule has 2 aromatic carbocycles. The first-order chi connectivity index (χ1) is 11.4. The van der Waals surface area contributed by atoms with Crippen molar-refractivity contribution in [2.24, 2.45) is 0 Å². The highest BCUT2D eigenvalue weighted by Crippen LogP contribution is 2.47. The highest BCUT2D eigenvalue weighted by Gasteiger charge is 2.52. The zero-order chi connectivity index (χ0) is 17.4. The van der Waals surface area contributed by atoms with Crippen molar-refractivity contribution in [1.82, 2.24) is 0 Å². The molecule has 0 radical (unpaired) electrons. The predicted molar refractivity (Wildman–Crippen MR) is 91.6 cm³/mol. The minimum atomic E-state index is -0.820. The molecule has 3 rings (SSSR count). The van der Waals surface area contributed by atoms with E-state index in [0.717, 1.165) is 22.6 Å². The van der Waals surface area contributed by atoms with Crippen LogP contribution in [0.3, 0.4) is 0 Å². The van der Waals surface area contributed by atoms with E-state index in [0.29, 0.717) is 6.42 Å². The summed E-state index contributed by atoms with van der Waals surface area (Å²) in [5, 5.41) is 0. The van der Waals surface area contributed by atoms with E-state index >= 15 is 0 Å². The predicted octanol–water partition coefficient (Wildman–Crippen LogP) is 3.72. The Labute approximate surface area is 142 Å². The van der Waals surface area contributed by atoms with Gasteiger partial charge in [0.2, 0.25) is 0 Å². The number of hydrogen-bond acceptors (Lipinski definition) is 4. The first-order valence-corrected chi connectivity index (χ1v) is 7.94. The second kappa shape index (κ2) is 5.95. The van der Waals surface area contributed by atoms with Gasteiger partial charge in [0.15, 0.2) is 5.78 Å². The highest BCUT2D eigenvalue weighted by atomic mass is 16.5. The van der Waals surface area contributed by atoms with Gasteiger partial charge in [-0.05, 0) is 49.2 Å². The van der Waals surface area contributed by atoms with Crippen molar-refractivity contribution in [3.8, 4) is 11.5 Å². The maximum atomic E-state index is 12.5. The molecule has 126 valence electrons. The molecule has 1 aliphatic heterocycles. The lowest BCUT2D eigenvalue weighted by atomic mass is 9.83. The third kappa shape index (κ3) is 2.67. The fourth-order valence-electron chi connectivity index (χ4n) is 3.18. The number of methoxy groups -OCH3 is 2. The second-order valence-corrected chi connectivity index (χ2v) is 6.50. The van der Waals surface area contributed by atoms with E-state index < -0.39 is 11.2 Å². The Balaban J connectivity index is 2.12. The quantitative estimate of drug-likeness (QED) is 0.859. The van der Waals surface area contributed by atoms with Crippen LogP contribution in [-0.2, 0) is 15.1 Å². The standard InChI is InChI=1S/C20H22O4/c1-19(2)18(21)13-20(24-19,14-5-9-16(22-3)10-6-14)15-7-11-17(23-4)12-8-15/h5-12H,13H2,1-4H3. The Morgan fingerprint density at radius 2 is 1.25 bits per heavy atom. The summed E-state index contributed by atoms with van der Waals surface area (Å²) in [5.41, 5.74) is 0.263. The van der Waals surface area contributed by atoms with Crippen LogP contribution < -0.4 is 9.47 Å². The fraction of sp³-hybridized carbons (Fsp3) is 0.350. The van der Waals surface area contributed by atoms with Gasteiger partial charge < -0.3 is 14.2 Å². The molecule has 1 saturated heterocycles. The van der Waals surface area contributed by atoms with E-state index in [1.54, 1.807) is 14.2 Å². The Morgan fingerprint density at radius 1 is 0.833 bits per heavy atom. The summed E-state index contributed by atoms with van der Waals surface area (Å²) in [6.07, 6.45) is 0.304. The summed E-state index contributed by atoms with van der Waals surface area (Å²) in [4.78, 5) is 12.5. The average Bonchev–Trinajstić information content (AvgIpc) is 2.85. The third-order valence-corrected chi connectivity index (χ3v) is 4.62. The van der Waals surface area contributed by atoms with E-state index in [9.17, 15) is 4.79 Å². The second-order valence-electron chi connectivity index (χ2n) is 6.50. The van der Waals surface area contributed by atoms with Gasteiger partial charge in [0, 0.05) is 6.42 Å². The van der Waals surface area contributed by atoms with Gasteiger partial charge in [-0.1, -0.05) is 24.3 Å². The third-order valence-electron chi connectivity index (χ3n) is 4.62. The number of carbonyl (C=O) groups excluding carboxylic acids is 1. The minimum Gasteiger partial charge on any atom is -0.497 e. The van der Waals surface area contributed by atoms with Crippen LogP contribution in [0.25, 0.3) is 0 Å². The van der Waals surface area contributed by atoms with E-state index in [-0.39, 0.29) is 5.78 Å². The molecule has 1 fully saturated rings. The lowest BCUT2D eigenvalue weighted by molar-refractivity contribution is -0.132. The van der Waals surface area contributed by atoms with Gasteiger partial charge in [0.1, 0.15) is 22.7 Å². The van der Waals surface area contributed by atoms with E-state index in [2.05, 4.69) is 0 Å². The first-order valence-electron chi connectivity index (χ1n) is 7.94. The molecule has 2 aromatic rings. The smallest absolute Gasteiger partial charge is 0.167 e. The molecule has 0 spiro atoms. The molecule has 0 saturated carbocycles. The number of carbonyl (C=O) groups is 1. The van der Waals surface area contributed by atoms with Gasteiger partial charge in [-0.15, -0.1) is 0 Å². The summed E-state index contributed by atoms with van der Waals surface area (Å²) in [5.74, 6) is 1.63. The average molecular weight is 326 g/mol. The van der Waals surface area contributed by atoms with Crippen LogP contribution in [0.2, 0.25) is 0 Å². The summed E-state index contributed by atoms with van der Waals surface area (Å²) in [6.45, 7) is 3.65. The zero-order valence-electron chi connectivity index (χ0n) is 14.5. The van der Waals surface area contributed by atoms with Crippen LogP contribution in [0, 0.1) is 0 Å². The van der Waals surface area contributed by atoms with Crippen molar-refractivity contribution in [2.45, 2.75) is 31.5 Å². The van der Waals surface area contributed by atoms with Crippen LogP contribution in [0.15, 0.2) is 48.5 Å².